The summed E-state index contributed by atoms with van der Waals surface area (Å²) in [6.45, 7) is 3.67. The standard InChI is InChI=1S/C27H28F4N2O3/c1-26(14-36-15-26)18-5-2-4-17(12-18)25(35)33-11-3-6-22(33)24(34)32-23(16-7-8-16)20-10-9-19(13-21(20)28)27(29,30)31/h2,4-5,9-10,12-13,16,22-23H,3,6-8,11,14-15H2,1H3,(H,32,34)/t22-,23?/m1/s1. The number of carbonyl (C=O) groups excluding carboxylic acids is 2. The van der Waals surface area contributed by atoms with Gasteiger partial charge in [0, 0.05) is 23.1 Å². The first-order chi connectivity index (χ1) is 17.1. The summed E-state index contributed by atoms with van der Waals surface area (Å²) in [6.07, 6.45) is -2.04. The number of benzene rings is 2. The third kappa shape index (κ3) is 4.73. The smallest absolute Gasteiger partial charge is 0.379 e. The Kier molecular flexibility index (Phi) is 6.31. The third-order valence-electron chi connectivity index (χ3n) is 7.52. The molecular formula is C27H28F4N2O3. The molecule has 1 N–H and O–H groups in total. The number of amides is 2. The Morgan fingerprint density at radius 1 is 1.11 bits per heavy atom. The van der Waals surface area contributed by atoms with Gasteiger partial charge in [-0.25, -0.2) is 4.39 Å². The molecule has 2 aliphatic heterocycles. The highest BCUT2D eigenvalue weighted by molar-refractivity contribution is 5.98. The molecule has 3 fully saturated rings. The number of alkyl halides is 3. The summed E-state index contributed by atoms with van der Waals surface area (Å²) in [5, 5.41) is 2.86. The first-order valence-electron chi connectivity index (χ1n) is 12.2. The lowest BCUT2D eigenvalue weighted by molar-refractivity contribution is -0.137. The number of nitrogens with one attached hydrogen (secondary N) is 1. The van der Waals surface area contributed by atoms with Gasteiger partial charge in [-0.05, 0) is 61.4 Å². The van der Waals surface area contributed by atoms with Gasteiger partial charge in [-0.1, -0.05) is 25.1 Å². The zero-order valence-electron chi connectivity index (χ0n) is 19.9. The number of carbonyl (C=O) groups is 2. The predicted molar refractivity (Wildman–Crippen MR) is 124 cm³/mol. The van der Waals surface area contributed by atoms with Crippen molar-refractivity contribution in [3.05, 3.63) is 70.5 Å². The molecular weight excluding hydrogens is 476 g/mol. The monoisotopic (exact) mass is 504 g/mol. The number of hydrogen-bond donors (Lipinski definition) is 1. The van der Waals surface area contributed by atoms with Gasteiger partial charge in [-0.3, -0.25) is 9.59 Å². The van der Waals surface area contributed by atoms with Gasteiger partial charge in [-0.15, -0.1) is 0 Å². The van der Waals surface area contributed by atoms with Crippen LogP contribution in [0.4, 0.5) is 17.6 Å². The Balaban J connectivity index is 1.33. The van der Waals surface area contributed by atoms with Crippen LogP contribution in [0.2, 0.25) is 0 Å². The van der Waals surface area contributed by atoms with Gasteiger partial charge in [0.15, 0.2) is 0 Å². The maximum Gasteiger partial charge on any atom is 0.416 e. The number of nitrogens with zero attached hydrogens (tertiary/aromatic N) is 1. The average Bonchev–Trinajstić information content (AvgIpc) is 3.55. The largest absolute Gasteiger partial charge is 0.416 e. The first-order valence-corrected chi connectivity index (χ1v) is 12.2. The molecule has 1 saturated carbocycles. The summed E-state index contributed by atoms with van der Waals surface area (Å²) in [5.74, 6) is -1.70. The van der Waals surface area contributed by atoms with E-state index in [0.717, 1.165) is 30.5 Å². The zero-order chi connectivity index (χ0) is 25.7. The van der Waals surface area contributed by atoms with Gasteiger partial charge in [0.2, 0.25) is 5.91 Å². The fourth-order valence-corrected chi connectivity index (χ4v) is 5.13. The van der Waals surface area contributed by atoms with Crippen molar-refractivity contribution in [2.24, 2.45) is 5.92 Å². The molecule has 2 aromatic carbocycles. The molecule has 192 valence electrons. The summed E-state index contributed by atoms with van der Waals surface area (Å²) < 4.78 is 59.0. The number of hydrogen-bond acceptors (Lipinski definition) is 3. The van der Waals surface area contributed by atoms with E-state index in [1.54, 1.807) is 11.0 Å². The Bertz CT molecular complexity index is 1170. The molecule has 0 bridgehead atoms. The molecule has 0 spiro atoms. The van der Waals surface area contributed by atoms with E-state index in [1.807, 2.05) is 18.2 Å². The molecule has 2 amide bonds. The highest BCUT2D eigenvalue weighted by Crippen LogP contribution is 2.43. The highest BCUT2D eigenvalue weighted by atomic mass is 19.4. The SMILES string of the molecule is CC1(c2cccc(C(=O)N3CCC[C@@H]3C(=O)NC(c3ccc(C(F)(F)F)cc3F)C3CC3)c2)COC1. The summed E-state index contributed by atoms with van der Waals surface area (Å²) in [4.78, 5) is 28.2. The van der Waals surface area contributed by atoms with Gasteiger partial charge >= 0.3 is 6.18 Å². The van der Waals surface area contributed by atoms with Crippen LogP contribution in [0.5, 0.6) is 0 Å². The van der Waals surface area contributed by atoms with Crippen LogP contribution >= 0.6 is 0 Å². The van der Waals surface area contributed by atoms with Crippen molar-refractivity contribution in [1.82, 2.24) is 10.2 Å². The van der Waals surface area contributed by atoms with Gasteiger partial charge in [0.1, 0.15) is 11.9 Å². The van der Waals surface area contributed by atoms with Crippen LogP contribution in [0.25, 0.3) is 0 Å². The number of rotatable bonds is 6. The van der Waals surface area contributed by atoms with Crippen molar-refractivity contribution in [2.75, 3.05) is 19.8 Å². The van der Waals surface area contributed by atoms with Gasteiger partial charge in [0.05, 0.1) is 24.8 Å². The molecule has 0 radical (unpaired) electrons. The van der Waals surface area contributed by atoms with Crippen LogP contribution in [0, 0.1) is 11.7 Å². The molecule has 5 nitrogen and oxygen atoms in total. The molecule has 2 atom stereocenters. The van der Waals surface area contributed by atoms with E-state index in [-0.39, 0.29) is 22.8 Å². The van der Waals surface area contributed by atoms with Gasteiger partial charge < -0.3 is 15.0 Å². The van der Waals surface area contributed by atoms with Crippen molar-refractivity contribution in [3.8, 4) is 0 Å². The van der Waals surface area contributed by atoms with E-state index >= 15 is 0 Å². The van der Waals surface area contributed by atoms with E-state index < -0.39 is 35.5 Å². The molecule has 5 rings (SSSR count). The second-order valence-electron chi connectivity index (χ2n) is 10.3. The Labute approximate surface area is 206 Å². The number of likely N-dealkylation sites (tertiary alicyclic amines) is 1. The van der Waals surface area contributed by atoms with Crippen molar-refractivity contribution in [1.29, 1.82) is 0 Å². The first kappa shape index (κ1) is 24.7. The normalized spacial score (nSPS) is 22.1. The fraction of sp³-hybridized carbons (Fsp3) is 0.481. The van der Waals surface area contributed by atoms with E-state index in [1.165, 1.54) is 0 Å². The van der Waals surface area contributed by atoms with Crippen molar-refractivity contribution < 1.29 is 31.9 Å². The lowest BCUT2D eigenvalue weighted by atomic mass is 9.80. The van der Waals surface area contributed by atoms with Crippen molar-refractivity contribution in [3.63, 3.8) is 0 Å². The van der Waals surface area contributed by atoms with Gasteiger partial charge in [0.25, 0.3) is 5.91 Å². The van der Waals surface area contributed by atoms with E-state index in [0.29, 0.717) is 44.2 Å². The minimum Gasteiger partial charge on any atom is -0.379 e. The lowest BCUT2D eigenvalue weighted by Crippen LogP contribution is -2.47. The Morgan fingerprint density at radius 2 is 1.86 bits per heavy atom. The number of ether oxygens (including phenoxy) is 1. The van der Waals surface area contributed by atoms with Crippen LogP contribution in [0.15, 0.2) is 42.5 Å². The minimum atomic E-state index is -4.65. The summed E-state index contributed by atoms with van der Waals surface area (Å²) >= 11 is 0. The van der Waals surface area contributed by atoms with Crippen LogP contribution in [0.1, 0.15) is 65.7 Å². The van der Waals surface area contributed by atoms with Crippen LogP contribution in [0.3, 0.4) is 0 Å². The van der Waals surface area contributed by atoms with Crippen LogP contribution in [-0.2, 0) is 21.1 Å². The molecule has 0 aromatic heterocycles. The highest BCUT2D eigenvalue weighted by Gasteiger charge is 2.41. The molecule has 9 heteroatoms. The zero-order valence-corrected chi connectivity index (χ0v) is 19.9. The van der Waals surface area contributed by atoms with E-state index in [9.17, 15) is 27.2 Å². The molecule has 36 heavy (non-hydrogen) atoms. The molecule has 2 saturated heterocycles. The molecule has 1 aliphatic carbocycles. The third-order valence-corrected chi connectivity index (χ3v) is 7.52. The Morgan fingerprint density at radius 3 is 2.47 bits per heavy atom. The lowest BCUT2D eigenvalue weighted by Gasteiger charge is -2.38. The maximum atomic E-state index is 14.7. The topological polar surface area (TPSA) is 58.6 Å². The summed E-state index contributed by atoms with van der Waals surface area (Å²) in [6, 6.07) is 8.33. The average molecular weight is 505 g/mol. The summed E-state index contributed by atoms with van der Waals surface area (Å²) in [5.41, 5.74) is 0.334. The van der Waals surface area contributed by atoms with E-state index in [2.05, 4.69) is 12.2 Å². The molecule has 2 aromatic rings. The van der Waals surface area contributed by atoms with Crippen LogP contribution in [-0.4, -0.2) is 42.5 Å². The van der Waals surface area contributed by atoms with Crippen molar-refractivity contribution in [2.45, 2.75) is 56.3 Å². The minimum absolute atomic E-state index is 0.0402. The second kappa shape index (κ2) is 9.18. The fourth-order valence-electron chi connectivity index (χ4n) is 5.13. The molecule has 2 heterocycles. The van der Waals surface area contributed by atoms with Crippen molar-refractivity contribution >= 4 is 11.8 Å². The van der Waals surface area contributed by atoms with E-state index in [4.69, 9.17) is 4.74 Å². The second-order valence-corrected chi connectivity index (χ2v) is 10.3. The quantitative estimate of drug-likeness (QED) is 0.563. The molecule has 3 aliphatic rings. The Hall–Kier alpha value is -2.94. The van der Waals surface area contributed by atoms with Crippen LogP contribution < -0.4 is 5.32 Å². The van der Waals surface area contributed by atoms with Gasteiger partial charge in [-0.2, -0.15) is 13.2 Å². The molecule has 1 unspecified atom stereocenters. The number of halogens is 4. The predicted octanol–water partition coefficient (Wildman–Crippen LogP) is 5.00. The maximum absolute atomic E-state index is 14.7. The summed E-state index contributed by atoms with van der Waals surface area (Å²) in [7, 11) is 0.